The molecule has 4 nitrogen and oxygen atoms in total. The van der Waals surface area contributed by atoms with Crippen molar-refractivity contribution in [1.82, 2.24) is 0 Å². The average molecular weight is 333 g/mol. The van der Waals surface area contributed by atoms with Gasteiger partial charge in [0.25, 0.3) is 0 Å². The molecule has 0 aromatic heterocycles. The van der Waals surface area contributed by atoms with E-state index in [1.807, 2.05) is 49.4 Å². The number of aryl methyl sites for hydroxylation is 1. The number of nitrogens with one attached hydrogen (secondary N) is 1. The van der Waals surface area contributed by atoms with Crippen LogP contribution in [0.25, 0.3) is 0 Å². The zero-order chi connectivity index (χ0) is 16.8. The second-order valence-corrected chi connectivity index (χ2v) is 6.06. The van der Waals surface area contributed by atoms with Crippen molar-refractivity contribution in [3.63, 3.8) is 0 Å². The zero-order valence-electron chi connectivity index (χ0n) is 13.3. The number of hydrogen-bond donors (Lipinski definition) is 2. The van der Waals surface area contributed by atoms with Crippen LogP contribution in [0.3, 0.4) is 0 Å². The van der Waals surface area contributed by atoms with Crippen molar-refractivity contribution >= 4 is 23.2 Å². The van der Waals surface area contributed by atoms with Gasteiger partial charge in [0.1, 0.15) is 12.4 Å². The van der Waals surface area contributed by atoms with Crippen LogP contribution >= 0.6 is 11.6 Å². The minimum Gasteiger partial charge on any atom is -0.489 e. The lowest BCUT2D eigenvalue weighted by Gasteiger charge is -2.12. The summed E-state index contributed by atoms with van der Waals surface area (Å²) in [5, 5.41) is 3.55. The third-order valence-electron chi connectivity index (χ3n) is 3.27. The number of amides is 1. The third kappa shape index (κ3) is 5.58. The third-order valence-corrected chi connectivity index (χ3v) is 3.51. The fraction of sp³-hybridized carbons (Fsp3) is 0.278. The molecule has 1 atom stereocenters. The van der Waals surface area contributed by atoms with Gasteiger partial charge < -0.3 is 15.8 Å². The molecular formula is C18H21ClN2O2. The summed E-state index contributed by atoms with van der Waals surface area (Å²) < 4.78 is 5.76. The maximum atomic E-state index is 11.8. The molecule has 1 unspecified atom stereocenters. The molecule has 0 radical (unpaired) electrons. The highest BCUT2D eigenvalue weighted by molar-refractivity contribution is 6.30. The van der Waals surface area contributed by atoms with Gasteiger partial charge in [0.15, 0.2) is 0 Å². The first-order valence-corrected chi connectivity index (χ1v) is 7.85. The van der Waals surface area contributed by atoms with Gasteiger partial charge in [-0.05, 0) is 55.3 Å². The van der Waals surface area contributed by atoms with Gasteiger partial charge >= 0.3 is 0 Å². The minimum atomic E-state index is -0.157. The van der Waals surface area contributed by atoms with Gasteiger partial charge in [-0.1, -0.05) is 23.7 Å². The number of hydrogen-bond acceptors (Lipinski definition) is 3. The van der Waals surface area contributed by atoms with E-state index >= 15 is 0 Å². The minimum absolute atomic E-state index is 0.0873. The zero-order valence-corrected chi connectivity index (χ0v) is 14.1. The van der Waals surface area contributed by atoms with Crippen molar-refractivity contribution in [2.75, 3.05) is 5.32 Å². The molecule has 2 rings (SSSR count). The van der Waals surface area contributed by atoms with E-state index in [-0.39, 0.29) is 11.9 Å². The Bertz CT molecular complexity index is 686. The van der Waals surface area contributed by atoms with Gasteiger partial charge in [0, 0.05) is 23.2 Å². The number of ether oxygens (including phenoxy) is 1. The van der Waals surface area contributed by atoms with E-state index < -0.39 is 0 Å². The lowest BCUT2D eigenvalue weighted by molar-refractivity contribution is -0.116. The first-order valence-electron chi connectivity index (χ1n) is 7.47. The molecule has 0 heterocycles. The molecule has 0 saturated carbocycles. The van der Waals surface area contributed by atoms with E-state index in [4.69, 9.17) is 22.1 Å². The Morgan fingerprint density at radius 1 is 1.30 bits per heavy atom. The predicted molar refractivity (Wildman–Crippen MR) is 93.9 cm³/mol. The maximum Gasteiger partial charge on any atom is 0.225 e. The van der Waals surface area contributed by atoms with Gasteiger partial charge in [-0.3, -0.25) is 4.79 Å². The lowest BCUT2D eigenvalue weighted by atomic mass is 10.1. The smallest absolute Gasteiger partial charge is 0.225 e. The van der Waals surface area contributed by atoms with Crippen LogP contribution in [-0.4, -0.2) is 11.9 Å². The summed E-state index contributed by atoms with van der Waals surface area (Å²) in [5.41, 5.74) is 8.33. The van der Waals surface area contributed by atoms with Crippen molar-refractivity contribution in [3.05, 3.63) is 58.6 Å². The van der Waals surface area contributed by atoms with Gasteiger partial charge in [-0.2, -0.15) is 0 Å². The fourth-order valence-electron chi connectivity index (χ4n) is 2.15. The van der Waals surface area contributed by atoms with Crippen molar-refractivity contribution in [2.24, 2.45) is 5.73 Å². The first kappa shape index (κ1) is 17.3. The van der Waals surface area contributed by atoms with Crippen LogP contribution in [0.5, 0.6) is 5.75 Å². The Balaban J connectivity index is 1.97. The fourth-order valence-corrected chi connectivity index (χ4v) is 2.37. The van der Waals surface area contributed by atoms with Crippen LogP contribution in [0.2, 0.25) is 5.02 Å². The summed E-state index contributed by atoms with van der Waals surface area (Å²) in [6.07, 6.45) is 0.298. The standard InChI is InChI=1S/C18H21ClN2O2/c1-12-8-16(23-11-14-4-3-5-15(19)10-14)6-7-17(12)21-18(22)9-13(2)20/h3-8,10,13H,9,11,20H2,1-2H3,(H,21,22). The maximum absolute atomic E-state index is 11.8. The van der Waals surface area contributed by atoms with Crippen molar-refractivity contribution < 1.29 is 9.53 Å². The number of rotatable bonds is 6. The van der Waals surface area contributed by atoms with Crippen LogP contribution in [0, 0.1) is 6.92 Å². The Morgan fingerprint density at radius 3 is 2.74 bits per heavy atom. The molecule has 1 amide bonds. The normalized spacial score (nSPS) is 11.8. The monoisotopic (exact) mass is 332 g/mol. The Kier molecular flexibility index (Phi) is 6.02. The predicted octanol–water partition coefficient (Wildman–Crippen LogP) is 3.90. The van der Waals surface area contributed by atoms with E-state index in [0.717, 1.165) is 22.6 Å². The summed E-state index contributed by atoms with van der Waals surface area (Å²) in [6.45, 7) is 4.17. The molecule has 2 aromatic rings. The van der Waals surface area contributed by atoms with Crippen LogP contribution in [0.4, 0.5) is 5.69 Å². The molecule has 0 aliphatic carbocycles. The molecule has 0 bridgehead atoms. The highest BCUT2D eigenvalue weighted by atomic mass is 35.5. The van der Waals surface area contributed by atoms with Crippen LogP contribution < -0.4 is 15.8 Å². The summed E-state index contributed by atoms with van der Waals surface area (Å²) >= 11 is 5.95. The molecule has 0 aliphatic rings. The van der Waals surface area contributed by atoms with Crippen LogP contribution in [0.1, 0.15) is 24.5 Å². The Hall–Kier alpha value is -2.04. The number of nitrogens with two attached hydrogens (primary N) is 1. The second-order valence-electron chi connectivity index (χ2n) is 5.62. The van der Waals surface area contributed by atoms with Crippen molar-refractivity contribution in [1.29, 1.82) is 0 Å². The number of halogens is 1. The topological polar surface area (TPSA) is 64.3 Å². The SMILES string of the molecule is Cc1cc(OCc2cccc(Cl)c2)ccc1NC(=O)CC(C)N. The highest BCUT2D eigenvalue weighted by Gasteiger charge is 2.08. The lowest BCUT2D eigenvalue weighted by Crippen LogP contribution is -2.24. The molecule has 23 heavy (non-hydrogen) atoms. The summed E-state index contributed by atoms with van der Waals surface area (Å²) in [6, 6.07) is 13.0. The van der Waals surface area contributed by atoms with E-state index in [2.05, 4.69) is 5.32 Å². The highest BCUT2D eigenvalue weighted by Crippen LogP contribution is 2.23. The summed E-state index contributed by atoms with van der Waals surface area (Å²) in [4.78, 5) is 11.8. The molecule has 5 heteroatoms. The summed E-state index contributed by atoms with van der Waals surface area (Å²) in [7, 11) is 0. The van der Waals surface area contributed by atoms with E-state index in [1.54, 1.807) is 6.92 Å². The Morgan fingerprint density at radius 2 is 2.09 bits per heavy atom. The van der Waals surface area contributed by atoms with E-state index in [1.165, 1.54) is 0 Å². The van der Waals surface area contributed by atoms with E-state index in [9.17, 15) is 4.79 Å². The number of anilines is 1. The van der Waals surface area contributed by atoms with Gasteiger partial charge in [0.2, 0.25) is 5.91 Å². The number of carbonyl (C=O) groups excluding carboxylic acids is 1. The van der Waals surface area contributed by atoms with Gasteiger partial charge in [-0.25, -0.2) is 0 Å². The van der Waals surface area contributed by atoms with E-state index in [0.29, 0.717) is 18.1 Å². The van der Waals surface area contributed by atoms with Crippen molar-refractivity contribution in [3.8, 4) is 5.75 Å². The van der Waals surface area contributed by atoms with Gasteiger partial charge in [-0.15, -0.1) is 0 Å². The molecule has 3 N–H and O–H groups in total. The van der Waals surface area contributed by atoms with Crippen LogP contribution in [-0.2, 0) is 11.4 Å². The molecule has 122 valence electrons. The molecule has 0 aliphatic heterocycles. The second kappa shape index (κ2) is 7.99. The molecule has 0 fully saturated rings. The largest absolute Gasteiger partial charge is 0.489 e. The molecule has 0 saturated heterocycles. The molecule has 2 aromatic carbocycles. The number of benzene rings is 2. The van der Waals surface area contributed by atoms with Crippen LogP contribution in [0.15, 0.2) is 42.5 Å². The quantitative estimate of drug-likeness (QED) is 0.843. The first-order chi connectivity index (χ1) is 10.9. The molecule has 0 spiro atoms. The Labute approximate surface area is 141 Å². The van der Waals surface area contributed by atoms with Gasteiger partial charge in [0.05, 0.1) is 0 Å². The average Bonchev–Trinajstić information content (AvgIpc) is 2.47. The molecular weight excluding hydrogens is 312 g/mol. The summed E-state index contributed by atoms with van der Waals surface area (Å²) in [5.74, 6) is 0.656. The number of carbonyl (C=O) groups is 1. The van der Waals surface area contributed by atoms with Crippen molar-refractivity contribution in [2.45, 2.75) is 32.9 Å².